The van der Waals surface area contributed by atoms with Crippen LogP contribution in [0.25, 0.3) is 11.1 Å². The number of carboxylic acids is 1. The van der Waals surface area contributed by atoms with Crippen molar-refractivity contribution in [1.82, 2.24) is 10.6 Å². The maximum Gasteiger partial charge on any atom is 0.407 e. The molecule has 3 N–H and O–H groups in total. The number of benzene rings is 3. The number of carbonyl (C=O) groups excluding carboxylic acids is 2. The molecule has 4 rings (SSSR count). The van der Waals surface area contributed by atoms with Crippen molar-refractivity contribution in [3.63, 3.8) is 0 Å². The molecule has 178 valence electrons. The Morgan fingerprint density at radius 2 is 1.49 bits per heavy atom. The molecule has 3 aromatic carbocycles. The molecule has 0 aromatic heterocycles. The van der Waals surface area contributed by atoms with Gasteiger partial charge in [0.25, 0.3) is 0 Å². The van der Waals surface area contributed by atoms with Crippen LogP contribution in [0.1, 0.15) is 35.1 Å². The van der Waals surface area contributed by atoms with Gasteiger partial charge in [0, 0.05) is 18.5 Å². The smallest absolute Gasteiger partial charge is 0.407 e. The molecule has 1 aliphatic rings. The van der Waals surface area contributed by atoms with Gasteiger partial charge in [-0.2, -0.15) is 0 Å². The van der Waals surface area contributed by atoms with Gasteiger partial charge in [-0.3, -0.25) is 4.79 Å². The van der Waals surface area contributed by atoms with Crippen molar-refractivity contribution in [2.24, 2.45) is 0 Å². The average molecular weight is 471 g/mol. The summed E-state index contributed by atoms with van der Waals surface area (Å²) in [7, 11) is 0. The standard InChI is InChI=1S/C28H26N2O5/c31-26(29-16-8-15-27(32)33)17-25(19-9-2-1-3-10-19)30-28(34)35-18-24-22-13-6-4-11-20(22)21-12-5-7-14-23(21)24/h1-15,24-25H,16-18H2,(H,29,31)(H,30,34)(H,32,33)/b15-8+. The minimum atomic E-state index is -1.08. The van der Waals surface area contributed by atoms with Crippen molar-refractivity contribution in [3.8, 4) is 11.1 Å². The number of hydrogen-bond acceptors (Lipinski definition) is 4. The van der Waals surface area contributed by atoms with Crippen LogP contribution in [0.2, 0.25) is 0 Å². The summed E-state index contributed by atoms with van der Waals surface area (Å²) in [6, 6.07) is 24.8. The van der Waals surface area contributed by atoms with Crippen LogP contribution in [0.5, 0.6) is 0 Å². The highest BCUT2D eigenvalue weighted by Gasteiger charge is 2.29. The zero-order valence-corrected chi connectivity index (χ0v) is 19.0. The van der Waals surface area contributed by atoms with Crippen molar-refractivity contribution in [3.05, 3.63) is 108 Å². The number of hydrogen-bond donors (Lipinski definition) is 3. The van der Waals surface area contributed by atoms with Crippen molar-refractivity contribution in [2.45, 2.75) is 18.4 Å². The first-order valence-electron chi connectivity index (χ1n) is 11.4. The molecule has 0 fully saturated rings. The fraction of sp³-hybridized carbons (Fsp3) is 0.179. The number of rotatable bonds is 9. The lowest BCUT2D eigenvalue weighted by atomic mass is 9.98. The lowest BCUT2D eigenvalue weighted by molar-refractivity contribution is -0.131. The molecule has 0 heterocycles. The summed E-state index contributed by atoms with van der Waals surface area (Å²) in [4.78, 5) is 35.8. The number of ether oxygens (including phenoxy) is 1. The molecule has 0 saturated heterocycles. The van der Waals surface area contributed by atoms with E-state index in [1.54, 1.807) is 0 Å². The molecule has 7 heteroatoms. The van der Waals surface area contributed by atoms with Crippen molar-refractivity contribution >= 4 is 18.0 Å². The van der Waals surface area contributed by atoms with E-state index in [4.69, 9.17) is 9.84 Å². The lowest BCUT2D eigenvalue weighted by Crippen LogP contribution is -2.34. The van der Waals surface area contributed by atoms with Crippen LogP contribution in [-0.2, 0) is 14.3 Å². The van der Waals surface area contributed by atoms with E-state index < -0.39 is 18.1 Å². The molecule has 0 saturated carbocycles. The van der Waals surface area contributed by atoms with Crippen LogP contribution in [0.3, 0.4) is 0 Å². The Kier molecular flexibility index (Phi) is 7.57. The van der Waals surface area contributed by atoms with Gasteiger partial charge in [-0.25, -0.2) is 9.59 Å². The molecule has 2 amide bonds. The Morgan fingerprint density at radius 1 is 0.886 bits per heavy atom. The lowest BCUT2D eigenvalue weighted by Gasteiger charge is -2.20. The number of carbonyl (C=O) groups is 3. The number of amides is 2. The van der Waals surface area contributed by atoms with Gasteiger partial charge < -0.3 is 20.5 Å². The summed E-state index contributed by atoms with van der Waals surface area (Å²) in [5.74, 6) is -1.47. The molecule has 3 aromatic rings. The van der Waals surface area contributed by atoms with Gasteiger partial charge in [0.1, 0.15) is 6.61 Å². The maximum absolute atomic E-state index is 12.8. The quantitative estimate of drug-likeness (QED) is 0.402. The first kappa shape index (κ1) is 23.8. The Morgan fingerprint density at radius 3 is 2.11 bits per heavy atom. The van der Waals surface area contributed by atoms with Crippen LogP contribution >= 0.6 is 0 Å². The minimum absolute atomic E-state index is 0.0187. The van der Waals surface area contributed by atoms with E-state index in [0.29, 0.717) is 0 Å². The van der Waals surface area contributed by atoms with E-state index in [9.17, 15) is 14.4 Å². The molecule has 35 heavy (non-hydrogen) atoms. The summed E-state index contributed by atoms with van der Waals surface area (Å²) >= 11 is 0. The van der Waals surface area contributed by atoms with E-state index in [2.05, 4.69) is 34.9 Å². The predicted molar refractivity (Wildman–Crippen MR) is 132 cm³/mol. The second kappa shape index (κ2) is 11.2. The van der Waals surface area contributed by atoms with Crippen molar-refractivity contribution < 1.29 is 24.2 Å². The molecule has 1 atom stereocenters. The Labute approximate surface area is 203 Å². The number of aliphatic carboxylic acids is 1. The van der Waals surface area contributed by atoms with E-state index >= 15 is 0 Å². The highest BCUT2D eigenvalue weighted by Crippen LogP contribution is 2.44. The minimum Gasteiger partial charge on any atom is -0.478 e. The Balaban J connectivity index is 1.40. The Hall–Kier alpha value is -4.39. The number of alkyl carbamates (subject to hydrolysis) is 1. The summed E-state index contributed by atoms with van der Waals surface area (Å²) in [6.07, 6.45) is 1.68. The summed E-state index contributed by atoms with van der Waals surface area (Å²) < 4.78 is 5.64. The van der Waals surface area contributed by atoms with Crippen LogP contribution in [0.15, 0.2) is 91.0 Å². The average Bonchev–Trinajstić information content (AvgIpc) is 3.19. The molecular formula is C28H26N2O5. The van der Waals surface area contributed by atoms with Gasteiger partial charge in [-0.15, -0.1) is 0 Å². The number of carboxylic acid groups (broad SMARTS) is 1. The van der Waals surface area contributed by atoms with Crippen molar-refractivity contribution in [2.75, 3.05) is 13.2 Å². The third kappa shape index (κ3) is 5.95. The van der Waals surface area contributed by atoms with Gasteiger partial charge in [-0.1, -0.05) is 84.9 Å². The monoisotopic (exact) mass is 470 g/mol. The maximum atomic E-state index is 12.8. The van der Waals surface area contributed by atoms with Crippen LogP contribution < -0.4 is 10.6 Å². The molecule has 0 spiro atoms. The molecular weight excluding hydrogens is 444 g/mol. The second-order valence-corrected chi connectivity index (χ2v) is 8.18. The molecule has 0 aliphatic heterocycles. The highest BCUT2D eigenvalue weighted by molar-refractivity contribution is 5.81. The van der Waals surface area contributed by atoms with E-state index in [1.165, 1.54) is 6.08 Å². The Bertz CT molecular complexity index is 1190. The summed E-state index contributed by atoms with van der Waals surface area (Å²) in [5.41, 5.74) is 5.29. The normalized spacial score (nSPS) is 13.0. The third-order valence-electron chi connectivity index (χ3n) is 5.90. The predicted octanol–water partition coefficient (Wildman–Crippen LogP) is 4.41. The fourth-order valence-corrected chi connectivity index (χ4v) is 4.31. The SMILES string of the molecule is O=C(O)/C=C/CNC(=O)CC(NC(=O)OCC1c2ccccc2-c2ccccc21)c1ccccc1. The van der Waals surface area contributed by atoms with Crippen LogP contribution in [-0.4, -0.2) is 36.2 Å². The summed E-state index contributed by atoms with van der Waals surface area (Å²) in [6.45, 7) is 0.255. The molecule has 1 unspecified atom stereocenters. The molecule has 0 bridgehead atoms. The first-order valence-corrected chi connectivity index (χ1v) is 11.4. The van der Waals surface area contributed by atoms with Gasteiger partial charge in [0.15, 0.2) is 0 Å². The summed E-state index contributed by atoms with van der Waals surface area (Å²) in [5, 5.41) is 14.1. The largest absolute Gasteiger partial charge is 0.478 e. The van der Waals surface area contributed by atoms with Crippen LogP contribution in [0, 0.1) is 0 Å². The first-order chi connectivity index (χ1) is 17.0. The van der Waals surface area contributed by atoms with E-state index in [0.717, 1.165) is 33.9 Å². The third-order valence-corrected chi connectivity index (χ3v) is 5.90. The number of nitrogens with one attached hydrogen (secondary N) is 2. The topological polar surface area (TPSA) is 105 Å². The molecule has 7 nitrogen and oxygen atoms in total. The zero-order valence-electron chi connectivity index (χ0n) is 19.0. The van der Waals surface area contributed by atoms with Gasteiger partial charge in [-0.05, 0) is 27.8 Å². The van der Waals surface area contributed by atoms with E-state index in [-0.39, 0.29) is 31.4 Å². The van der Waals surface area contributed by atoms with Gasteiger partial charge >= 0.3 is 12.1 Å². The highest BCUT2D eigenvalue weighted by atomic mass is 16.5. The van der Waals surface area contributed by atoms with Gasteiger partial charge in [0.2, 0.25) is 5.91 Å². The molecule has 1 aliphatic carbocycles. The zero-order chi connectivity index (χ0) is 24.6. The second-order valence-electron chi connectivity index (χ2n) is 8.18. The fourth-order valence-electron chi connectivity index (χ4n) is 4.31. The van der Waals surface area contributed by atoms with E-state index in [1.807, 2.05) is 54.6 Å². The number of fused-ring (bicyclic) bond motifs is 3. The molecule has 0 radical (unpaired) electrons. The van der Waals surface area contributed by atoms with Crippen LogP contribution in [0.4, 0.5) is 4.79 Å². The van der Waals surface area contributed by atoms with Gasteiger partial charge in [0.05, 0.1) is 12.5 Å². The van der Waals surface area contributed by atoms with Crippen molar-refractivity contribution in [1.29, 1.82) is 0 Å².